The van der Waals surface area contributed by atoms with E-state index in [0.29, 0.717) is 0 Å². The van der Waals surface area contributed by atoms with Crippen molar-refractivity contribution in [3.63, 3.8) is 0 Å². The molecule has 0 bridgehead atoms. The number of hydrogen-bond donors (Lipinski definition) is 0. The van der Waals surface area contributed by atoms with Crippen molar-refractivity contribution in [2.75, 3.05) is 32.1 Å². The van der Waals surface area contributed by atoms with Gasteiger partial charge < -0.3 is 9.80 Å². The molecule has 1 aliphatic rings. The monoisotopic (exact) mass is 386 g/mol. The quantitative estimate of drug-likeness (QED) is 0.699. The summed E-state index contributed by atoms with van der Waals surface area (Å²) in [6.07, 6.45) is 5.48. The second-order valence-corrected chi connectivity index (χ2v) is 7.40. The third-order valence-corrected chi connectivity index (χ3v) is 5.32. The molecule has 0 unspecified atom stereocenters. The van der Waals surface area contributed by atoms with E-state index in [0.717, 1.165) is 18.5 Å². The Bertz CT molecular complexity index is 394. The number of hydrogen-bond acceptors (Lipinski definition) is 2. The van der Waals surface area contributed by atoms with Gasteiger partial charge in [0, 0.05) is 28.4 Å². The first kappa shape index (κ1) is 16.1. The van der Waals surface area contributed by atoms with E-state index in [1.807, 2.05) is 0 Å². The Kier molecular flexibility index (Phi) is 6.15. The van der Waals surface area contributed by atoms with Gasteiger partial charge in [0.1, 0.15) is 0 Å². The first-order valence-corrected chi connectivity index (χ1v) is 8.85. The smallest absolute Gasteiger partial charge is 0.0366 e. The molecule has 0 saturated heterocycles. The Balaban J connectivity index is 1.89. The summed E-state index contributed by atoms with van der Waals surface area (Å²) in [5.41, 5.74) is 1.38. The normalized spacial score (nSPS) is 23.1. The molecule has 2 rings (SSSR count). The molecule has 0 aromatic heterocycles. The van der Waals surface area contributed by atoms with Gasteiger partial charge in [-0.2, -0.15) is 0 Å². The van der Waals surface area contributed by atoms with Crippen LogP contribution in [0.15, 0.2) is 24.3 Å². The predicted molar refractivity (Wildman–Crippen MR) is 96.5 cm³/mol. The zero-order valence-electron chi connectivity index (χ0n) is 13.0. The summed E-state index contributed by atoms with van der Waals surface area (Å²) in [7, 11) is 4.43. The van der Waals surface area contributed by atoms with Gasteiger partial charge in [0.25, 0.3) is 0 Å². The van der Waals surface area contributed by atoms with E-state index in [4.69, 9.17) is 0 Å². The molecule has 1 fully saturated rings. The van der Waals surface area contributed by atoms with E-state index in [9.17, 15) is 0 Å². The average molecular weight is 386 g/mol. The number of nitrogens with zero attached hydrogens (tertiary/aromatic N) is 2. The maximum atomic E-state index is 2.54. The zero-order valence-corrected chi connectivity index (χ0v) is 15.1. The van der Waals surface area contributed by atoms with Crippen molar-refractivity contribution in [1.29, 1.82) is 0 Å². The molecule has 0 radical (unpaired) electrons. The van der Waals surface area contributed by atoms with Crippen molar-refractivity contribution in [3.05, 3.63) is 27.8 Å². The molecule has 112 valence electrons. The van der Waals surface area contributed by atoms with Crippen LogP contribution >= 0.6 is 22.6 Å². The van der Waals surface area contributed by atoms with E-state index in [1.54, 1.807) is 0 Å². The van der Waals surface area contributed by atoms with Crippen LogP contribution in [-0.2, 0) is 0 Å². The molecule has 1 aliphatic carbocycles. The van der Waals surface area contributed by atoms with Crippen LogP contribution in [0, 0.1) is 9.49 Å². The summed E-state index contributed by atoms with van der Waals surface area (Å²) < 4.78 is 1.31. The fourth-order valence-corrected chi connectivity index (χ4v) is 3.58. The number of halogens is 1. The lowest BCUT2D eigenvalue weighted by atomic mass is 9.85. The molecule has 0 spiro atoms. The van der Waals surface area contributed by atoms with E-state index in [2.05, 4.69) is 77.7 Å². The molecule has 0 atom stereocenters. The molecule has 0 amide bonds. The van der Waals surface area contributed by atoms with Crippen LogP contribution in [0.25, 0.3) is 0 Å². The van der Waals surface area contributed by atoms with Gasteiger partial charge in [-0.05, 0) is 99.5 Å². The summed E-state index contributed by atoms with van der Waals surface area (Å²) in [5, 5.41) is 0. The highest BCUT2D eigenvalue weighted by Gasteiger charge is 2.23. The second-order valence-electron chi connectivity index (χ2n) is 6.15. The minimum Gasteiger partial charge on any atom is -0.372 e. The topological polar surface area (TPSA) is 6.48 Å². The van der Waals surface area contributed by atoms with Gasteiger partial charge in [0.05, 0.1) is 0 Å². The van der Waals surface area contributed by atoms with E-state index < -0.39 is 0 Å². The fourth-order valence-electron chi connectivity index (χ4n) is 3.22. The molecule has 0 aliphatic heterocycles. The predicted octanol–water partition coefficient (Wildman–Crippen LogP) is 4.24. The van der Waals surface area contributed by atoms with E-state index in [-0.39, 0.29) is 0 Å². The summed E-state index contributed by atoms with van der Waals surface area (Å²) >= 11 is 2.37. The van der Waals surface area contributed by atoms with Crippen LogP contribution in [0.4, 0.5) is 5.69 Å². The molecule has 2 nitrogen and oxygen atoms in total. The van der Waals surface area contributed by atoms with Crippen LogP contribution in [0.5, 0.6) is 0 Å². The maximum Gasteiger partial charge on any atom is 0.0366 e. The standard InChI is InChI=1S/C17H27IN2/c1-4-20(17-11-7-15(18)8-12-17)13-14-5-9-16(10-6-14)19(2)3/h7-8,11-12,14,16H,4-6,9-10,13H2,1-3H3. The van der Waals surface area contributed by atoms with Gasteiger partial charge in [-0.25, -0.2) is 0 Å². The van der Waals surface area contributed by atoms with Gasteiger partial charge >= 0.3 is 0 Å². The van der Waals surface area contributed by atoms with Crippen molar-refractivity contribution in [1.82, 2.24) is 4.90 Å². The molecular weight excluding hydrogens is 359 g/mol. The van der Waals surface area contributed by atoms with Gasteiger partial charge in [-0.3, -0.25) is 0 Å². The summed E-state index contributed by atoms with van der Waals surface area (Å²) in [4.78, 5) is 4.93. The minimum atomic E-state index is 0.805. The van der Waals surface area contributed by atoms with Gasteiger partial charge in [0.2, 0.25) is 0 Å². The SMILES string of the molecule is CCN(CC1CCC(N(C)C)CC1)c1ccc(I)cc1. The molecule has 3 heteroatoms. The number of benzene rings is 1. The fraction of sp³-hybridized carbons (Fsp3) is 0.647. The largest absolute Gasteiger partial charge is 0.372 e. The van der Waals surface area contributed by atoms with E-state index in [1.165, 1.54) is 41.5 Å². The van der Waals surface area contributed by atoms with Gasteiger partial charge in [0.15, 0.2) is 0 Å². The Morgan fingerprint density at radius 2 is 1.65 bits per heavy atom. The van der Waals surface area contributed by atoms with Crippen molar-refractivity contribution >= 4 is 28.3 Å². The van der Waals surface area contributed by atoms with Gasteiger partial charge in [-0.1, -0.05) is 0 Å². The van der Waals surface area contributed by atoms with Gasteiger partial charge in [-0.15, -0.1) is 0 Å². The van der Waals surface area contributed by atoms with E-state index >= 15 is 0 Å². The Morgan fingerprint density at radius 3 is 2.15 bits per heavy atom. The summed E-state index contributed by atoms with van der Waals surface area (Å²) in [6.45, 7) is 4.59. The molecule has 1 aromatic carbocycles. The molecule has 0 N–H and O–H groups in total. The van der Waals surface area contributed by atoms with Crippen LogP contribution in [0.1, 0.15) is 32.6 Å². The maximum absolute atomic E-state index is 2.54. The third kappa shape index (κ3) is 4.35. The first-order valence-electron chi connectivity index (χ1n) is 7.77. The zero-order chi connectivity index (χ0) is 14.5. The number of rotatable bonds is 5. The summed E-state index contributed by atoms with van der Waals surface area (Å²) in [6, 6.07) is 9.75. The number of anilines is 1. The molecular formula is C17H27IN2. The molecule has 1 aromatic rings. The van der Waals surface area contributed by atoms with Crippen molar-refractivity contribution in [2.45, 2.75) is 38.6 Å². The lowest BCUT2D eigenvalue weighted by Gasteiger charge is -2.35. The summed E-state index contributed by atoms with van der Waals surface area (Å²) in [5.74, 6) is 0.866. The highest BCUT2D eigenvalue weighted by molar-refractivity contribution is 14.1. The van der Waals surface area contributed by atoms with Crippen LogP contribution in [-0.4, -0.2) is 38.1 Å². The highest BCUT2D eigenvalue weighted by Crippen LogP contribution is 2.28. The second kappa shape index (κ2) is 7.64. The van der Waals surface area contributed by atoms with Crippen LogP contribution < -0.4 is 4.90 Å². The molecule has 0 heterocycles. The van der Waals surface area contributed by atoms with Crippen molar-refractivity contribution in [2.24, 2.45) is 5.92 Å². The Labute approximate surface area is 137 Å². The van der Waals surface area contributed by atoms with Crippen molar-refractivity contribution in [3.8, 4) is 0 Å². The average Bonchev–Trinajstić information content (AvgIpc) is 2.46. The Hall–Kier alpha value is -0.290. The lowest BCUT2D eigenvalue weighted by molar-refractivity contribution is 0.195. The molecule has 20 heavy (non-hydrogen) atoms. The van der Waals surface area contributed by atoms with Crippen LogP contribution in [0.3, 0.4) is 0 Å². The highest BCUT2D eigenvalue weighted by atomic mass is 127. The third-order valence-electron chi connectivity index (χ3n) is 4.60. The van der Waals surface area contributed by atoms with Crippen molar-refractivity contribution < 1.29 is 0 Å². The molecule has 1 saturated carbocycles. The Morgan fingerprint density at radius 1 is 1.05 bits per heavy atom. The van der Waals surface area contributed by atoms with Crippen LogP contribution in [0.2, 0.25) is 0 Å². The first-order chi connectivity index (χ1) is 9.60. The minimum absolute atomic E-state index is 0.805. The lowest BCUT2D eigenvalue weighted by Crippen LogP contribution is -2.36.